The number of aromatic nitrogens is 3. The van der Waals surface area contributed by atoms with Crippen molar-refractivity contribution in [1.29, 1.82) is 0 Å². The van der Waals surface area contributed by atoms with Gasteiger partial charge in [-0.2, -0.15) is 0 Å². The molecular weight excluding hydrogens is 546 g/mol. The van der Waals surface area contributed by atoms with Crippen molar-refractivity contribution in [2.75, 3.05) is 63.0 Å². The van der Waals surface area contributed by atoms with Crippen molar-refractivity contribution in [2.24, 2.45) is 0 Å². The topological polar surface area (TPSA) is 122 Å². The Morgan fingerprint density at radius 3 is 2.47 bits per heavy atom. The number of hydrogen-bond donors (Lipinski definition) is 3. The number of nitrogens with one attached hydrogen (secondary N) is 3. The minimum atomic E-state index is -0.441. The monoisotopic (exact) mass is 587 g/mol. The van der Waals surface area contributed by atoms with Gasteiger partial charge in [-0.1, -0.05) is 24.3 Å². The molecule has 0 radical (unpaired) electrons. The van der Waals surface area contributed by atoms with Gasteiger partial charge in [0.15, 0.2) is 0 Å². The standard InChI is InChI=1S/C32H41N7O4/c1-20(19-42-3)35-32-34-17-27-25(22-6-4-21(5-7-22)18-38-12-14-43-15-13-38)16-26(39(27)37-32)23-8-10-24(11-9-23)36-29-28(33-2)30(40)31(29)41/h4-7,16-17,20,23-24,33,36H,8-15,18-19H2,1-3H3,(H,35,37)/t20-,23?,24?/m0/s1. The summed E-state index contributed by atoms with van der Waals surface area (Å²) < 4.78 is 12.8. The van der Waals surface area contributed by atoms with Gasteiger partial charge in [0.1, 0.15) is 11.4 Å². The maximum absolute atomic E-state index is 12.1. The lowest BCUT2D eigenvalue weighted by Gasteiger charge is -2.30. The van der Waals surface area contributed by atoms with Gasteiger partial charge >= 0.3 is 0 Å². The van der Waals surface area contributed by atoms with Gasteiger partial charge in [-0.3, -0.25) is 14.5 Å². The molecular formula is C32H41N7O4. The highest BCUT2D eigenvalue weighted by Gasteiger charge is 2.29. The van der Waals surface area contributed by atoms with Crippen molar-refractivity contribution in [1.82, 2.24) is 19.5 Å². The van der Waals surface area contributed by atoms with E-state index < -0.39 is 10.9 Å². The minimum Gasteiger partial charge on any atom is -0.383 e. The Balaban J connectivity index is 1.24. The van der Waals surface area contributed by atoms with Crippen molar-refractivity contribution in [3.05, 3.63) is 68.2 Å². The van der Waals surface area contributed by atoms with Crippen LogP contribution in [-0.4, -0.2) is 78.6 Å². The second kappa shape index (κ2) is 12.8. The van der Waals surface area contributed by atoms with E-state index in [0.29, 0.717) is 29.8 Å². The van der Waals surface area contributed by atoms with Crippen LogP contribution in [0.4, 0.5) is 17.3 Å². The Hall–Kier alpha value is -3.80. The van der Waals surface area contributed by atoms with Crippen LogP contribution in [-0.2, 0) is 16.0 Å². The number of fused-ring (bicyclic) bond motifs is 1. The van der Waals surface area contributed by atoms with Gasteiger partial charge in [0.25, 0.3) is 10.9 Å². The van der Waals surface area contributed by atoms with E-state index in [-0.39, 0.29) is 12.1 Å². The molecule has 0 spiro atoms. The highest BCUT2D eigenvalue weighted by atomic mass is 16.5. The number of hydrogen-bond acceptors (Lipinski definition) is 10. The fourth-order valence-corrected chi connectivity index (χ4v) is 6.43. The number of rotatable bonds is 11. The van der Waals surface area contributed by atoms with Crippen LogP contribution in [0.3, 0.4) is 0 Å². The van der Waals surface area contributed by atoms with E-state index in [9.17, 15) is 9.59 Å². The van der Waals surface area contributed by atoms with Gasteiger partial charge in [-0.25, -0.2) is 9.50 Å². The number of benzene rings is 1. The number of ether oxygens (including phenoxy) is 2. The van der Waals surface area contributed by atoms with Crippen LogP contribution in [0.5, 0.6) is 0 Å². The number of methoxy groups -OCH3 is 1. The largest absolute Gasteiger partial charge is 0.383 e. The van der Waals surface area contributed by atoms with Crippen LogP contribution in [0, 0.1) is 0 Å². The average molecular weight is 588 g/mol. The Kier molecular flexibility index (Phi) is 8.73. The average Bonchev–Trinajstić information content (AvgIpc) is 3.41. The third-order valence-electron chi connectivity index (χ3n) is 8.77. The molecule has 3 heterocycles. The summed E-state index contributed by atoms with van der Waals surface area (Å²) in [6.45, 7) is 7.04. The molecule has 0 unspecified atom stereocenters. The van der Waals surface area contributed by atoms with Gasteiger partial charge in [0, 0.05) is 63.1 Å². The molecule has 2 fully saturated rings. The summed E-state index contributed by atoms with van der Waals surface area (Å²) in [5.41, 5.74) is 5.64. The first kappa shape index (κ1) is 29.3. The van der Waals surface area contributed by atoms with Crippen LogP contribution in [0.15, 0.2) is 46.1 Å². The Morgan fingerprint density at radius 1 is 1.05 bits per heavy atom. The quantitative estimate of drug-likeness (QED) is 0.225. The molecule has 1 aliphatic heterocycles. The number of anilines is 3. The second-order valence-corrected chi connectivity index (χ2v) is 11.8. The van der Waals surface area contributed by atoms with Crippen LogP contribution in [0.25, 0.3) is 16.6 Å². The lowest BCUT2D eigenvalue weighted by molar-refractivity contribution is 0.0342. The van der Waals surface area contributed by atoms with Gasteiger partial charge in [-0.05, 0) is 49.8 Å². The van der Waals surface area contributed by atoms with Crippen molar-refractivity contribution in [3.8, 4) is 11.1 Å². The summed E-state index contributed by atoms with van der Waals surface area (Å²) in [6.07, 6.45) is 5.59. The molecule has 4 aromatic rings. The first-order valence-electron chi connectivity index (χ1n) is 15.3. The summed E-state index contributed by atoms with van der Waals surface area (Å²) in [5.74, 6) is 0.867. The first-order chi connectivity index (χ1) is 20.9. The molecule has 1 atom stereocenters. The highest BCUT2D eigenvalue weighted by molar-refractivity contribution is 5.81. The summed E-state index contributed by atoms with van der Waals surface area (Å²) in [4.78, 5) is 31.0. The molecule has 2 aromatic carbocycles. The van der Waals surface area contributed by atoms with E-state index >= 15 is 0 Å². The van der Waals surface area contributed by atoms with Crippen molar-refractivity contribution in [3.63, 3.8) is 0 Å². The zero-order valence-corrected chi connectivity index (χ0v) is 25.2. The van der Waals surface area contributed by atoms with E-state index in [1.54, 1.807) is 14.2 Å². The molecule has 3 N–H and O–H groups in total. The predicted octanol–water partition coefficient (Wildman–Crippen LogP) is 3.45. The maximum atomic E-state index is 12.1. The van der Waals surface area contributed by atoms with E-state index in [1.165, 1.54) is 5.56 Å². The lowest BCUT2D eigenvalue weighted by Crippen LogP contribution is -2.39. The molecule has 43 heavy (non-hydrogen) atoms. The highest BCUT2D eigenvalue weighted by Crippen LogP contribution is 2.38. The van der Waals surface area contributed by atoms with Crippen molar-refractivity contribution < 1.29 is 9.47 Å². The molecule has 1 saturated carbocycles. The molecule has 1 saturated heterocycles. The second-order valence-electron chi connectivity index (χ2n) is 11.8. The molecule has 11 nitrogen and oxygen atoms in total. The van der Waals surface area contributed by atoms with E-state index in [0.717, 1.165) is 80.9 Å². The van der Waals surface area contributed by atoms with Crippen LogP contribution in [0.2, 0.25) is 0 Å². The van der Waals surface area contributed by atoms with E-state index in [1.807, 2.05) is 13.1 Å². The predicted molar refractivity (Wildman–Crippen MR) is 169 cm³/mol. The number of morpholine rings is 1. The van der Waals surface area contributed by atoms with Gasteiger partial charge in [0.2, 0.25) is 5.95 Å². The zero-order valence-electron chi connectivity index (χ0n) is 25.2. The maximum Gasteiger partial charge on any atom is 0.253 e. The van der Waals surface area contributed by atoms with Gasteiger partial charge < -0.3 is 25.4 Å². The smallest absolute Gasteiger partial charge is 0.253 e. The molecule has 0 bridgehead atoms. The molecule has 1 aliphatic carbocycles. The summed E-state index contributed by atoms with van der Waals surface area (Å²) in [5, 5.41) is 14.5. The Labute approximate surface area is 251 Å². The van der Waals surface area contributed by atoms with Crippen LogP contribution in [0.1, 0.15) is 49.8 Å². The van der Waals surface area contributed by atoms with E-state index in [2.05, 4.69) is 60.7 Å². The van der Waals surface area contributed by atoms with Crippen LogP contribution < -0.4 is 26.8 Å². The summed E-state index contributed by atoms with van der Waals surface area (Å²) in [7, 11) is 3.36. The van der Waals surface area contributed by atoms with Gasteiger partial charge in [-0.15, -0.1) is 5.10 Å². The van der Waals surface area contributed by atoms with Crippen molar-refractivity contribution in [2.45, 2.75) is 57.2 Å². The molecule has 228 valence electrons. The summed E-state index contributed by atoms with van der Waals surface area (Å²) in [6, 6.07) is 11.3. The third-order valence-corrected chi connectivity index (χ3v) is 8.77. The molecule has 11 heteroatoms. The number of nitrogens with zero attached hydrogens (tertiary/aromatic N) is 4. The fourth-order valence-electron chi connectivity index (χ4n) is 6.43. The summed E-state index contributed by atoms with van der Waals surface area (Å²) >= 11 is 0. The van der Waals surface area contributed by atoms with Crippen LogP contribution >= 0.6 is 0 Å². The Bertz CT molecular complexity index is 1610. The fraction of sp³-hybridized carbons (Fsp3) is 0.500. The Morgan fingerprint density at radius 2 is 1.77 bits per heavy atom. The molecule has 2 aromatic heterocycles. The lowest BCUT2D eigenvalue weighted by atomic mass is 9.83. The zero-order chi connectivity index (χ0) is 29.9. The van der Waals surface area contributed by atoms with Gasteiger partial charge in [0.05, 0.1) is 31.5 Å². The molecule has 0 amide bonds. The molecule has 6 rings (SSSR count). The SMILES string of the molecule is CNc1c(NC2CCC(c3cc(-c4ccc(CN5CCOCC5)cc4)c4cnc(N[C@@H](C)COC)nn34)CC2)c(=O)c1=O. The normalized spacial score (nSPS) is 20.3. The van der Waals surface area contributed by atoms with E-state index in [4.69, 9.17) is 14.6 Å². The minimum absolute atomic E-state index is 0.0689. The third kappa shape index (κ3) is 6.15. The molecule has 2 aliphatic rings. The first-order valence-corrected chi connectivity index (χ1v) is 15.3. The van der Waals surface area contributed by atoms with Crippen molar-refractivity contribution >= 4 is 22.8 Å².